The van der Waals surface area contributed by atoms with Gasteiger partial charge in [0.2, 0.25) is 5.89 Å². The van der Waals surface area contributed by atoms with Crippen molar-refractivity contribution in [3.63, 3.8) is 0 Å². The van der Waals surface area contributed by atoms with Gasteiger partial charge in [-0.25, -0.2) is 9.78 Å². The summed E-state index contributed by atoms with van der Waals surface area (Å²) in [5, 5.41) is 7.99. The van der Waals surface area contributed by atoms with Crippen LogP contribution in [0.4, 0.5) is 10.5 Å². The molecule has 1 heterocycles. The van der Waals surface area contributed by atoms with Gasteiger partial charge in [0.05, 0.1) is 12.2 Å². The van der Waals surface area contributed by atoms with Crippen LogP contribution in [0.15, 0.2) is 53.1 Å². The number of carbonyl (C=O) groups excluding carboxylic acids is 2. The second kappa shape index (κ2) is 7.24. The first-order chi connectivity index (χ1) is 14.2. The highest BCUT2D eigenvalue weighted by atomic mass is 16.3. The van der Waals surface area contributed by atoms with Gasteiger partial charge in [0.15, 0.2) is 5.69 Å². The molecule has 2 aromatic carbocycles. The minimum Gasteiger partial charge on any atom is -0.446 e. The molecule has 2 aliphatic rings. The average molecular weight is 390 g/mol. The number of oxazole rings is 1. The molecule has 29 heavy (non-hydrogen) atoms. The predicted molar refractivity (Wildman–Crippen MR) is 109 cm³/mol. The average Bonchev–Trinajstić information content (AvgIpc) is 3.66. The van der Waals surface area contributed by atoms with Crippen LogP contribution in [0.5, 0.6) is 0 Å². The third-order valence-electron chi connectivity index (χ3n) is 5.28. The summed E-state index contributed by atoms with van der Waals surface area (Å²) in [5.41, 5.74) is 1.03. The lowest BCUT2D eigenvalue weighted by Gasteiger charge is -2.21. The summed E-state index contributed by atoms with van der Waals surface area (Å²) in [7, 11) is 0. The van der Waals surface area contributed by atoms with Crippen LogP contribution in [-0.2, 0) is 6.54 Å². The third kappa shape index (κ3) is 3.94. The van der Waals surface area contributed by atoms with Crippen LogP contribution in [0.3, 0.4) is 0 Å². The number of rotatable bonds is 6. The lowest BCUT2D eigenvalue weighted by Crippen LogP contribution is -2.36. The molecule has 3 aromatic rings. The Bertz CT molecular complexity index is 1060. The Morgan fingerprint density at radius 3 is 2.66 bits per heavy atom. The largest absolute Gasteiger partial charge is 0.446 e. The maximum atomic E-state index is 13.0. The van der Waals surface area contributed by atoms with Gasteiger partial charge in [-0.2, -0.15) is 0 Å². The van der Waals surface area contributed by atoms with Gasteiger partial charge in [-0.1, -0.05) is 36.4 Å². The molecule has 0 bridgehead atoms. The molecule has 148 valence electrons. The van der Waals surface area contributed by atoms with E-state index in [1.807, 2.05) is 42.5 Å². The van der Waals surface area contributed by atoms with Crippen LogP contribution >= 0.6 is 0 Å². The number of urea groups is 1. The van der Waals surface area contributed by atoms with Crippen LogP contribution in [0.25, 0.3) is 10.8 Å². The Labute approximate surface area is 168 Å². The number of carbonyl (C=O) groups is 2. The van der Waals surface area contributed by atoms with E-state index in [0.717, 1.165) is 42.1 Å². The molecule has 7 nitrogen and oxygen atoms in total. The molecule has 0 unspecified atom stereocenters. The first kappa shape index (κ1) is 17.7. The van der Waals surface area contributed by atoms with E-state index in [2.05, 4.69) is 15.6 Å². The number of hydrogen-bond acceptors (Lipinski definition) is 4. The molecular formula is C22H22N4O3. The van der Waals surface area contributed by atoms with Gasteiger partial charge in [-0.15, -0.1) is 0 Å². The van der Waals surface area contributed by atoms with E-state index >= 15 is 0 Å². The quantitative estimate of drug-likeness (QED) is 0.668. The van der Waals surface area contributed by atoms with Crippen LogP contribution in [0.2, 0.25) is 0 Å². The van der Waals surface area contributed by atoms with Gasteiger partial charge >= 0.3 is 6.03 Å². The number of nitrogens with zero attached hydrogens (tertiary/aromatic N) is 2. The van der Waals surface area contributed by atoms with Gasteiger partial charge in [-0.05, 0) is 37.1 Å². The second-order valence-corrected chi connectivity index (χ2v) is 7.69. The fourth-order valence-corrected chi connectivity index (χ4v) is 3.39. The number of benzene rings is 2. The summed E-state index contributed by atoms with van der Waals surface area (Å²) < 4.78 is 5.47. The maximum absolute atomic E-state index is 13.0. The Morgan fingerprint density at radius 2 is 1.86 bits per heavy atom. The van der Waals surface area contributed by atoms with Crippen LogP contribution in [0, 0.1) is 0 Å². The van der Waals surface area contributed by atoms with Crippen molar-refractivity contribution in [2.75, 3.05) is 5.32 Å². The van der Waals surface area contributed by atoms with Gasteiger partial charge in [0, 0.05) is 17.5 Å². The van der Waals surface area contributed by atoms with Crippen molar-refractivity contribution in [1.29, 1.82) is 0 Å². The number of amides is 3. The first-order valence-electron chi connectivity index (χ1n) is 9.98. The highest BCUT2D eigenvalue weighted by Gasteiger charge is 2.34. The molecule has 3 amide bonds. The molecule has 2 N–H and O–H groups in total. The molecule has 0 radical (unpaired) electrons. The molecule has 1 aromatic heterocycles. The van der Waals surface area contributed by atoms with Crippen molar-refractivity contribution in [3.8, 4) is 0 Å². The Balaban J connectivity index is 1.30. The van der Waals surface area contributed by atoms with Crippen LogP contribution in [-0.4, -0.2) is 33.9 Å². The monoisotopic (exact) mass is 390 g/mol. The van der Waals surface area contributed by atoms with Crippen molar-refractivity contribution in [3.05, 3.63) is 60.3 Å². The summed E-state index contributed by atoms with van der Waals surface area (Å²) in [6, 6.07) is 14.0. The molecule has 0 atom stereocenters. The van der Waals surface area contributed by atoms with E-state index in [-0.39, 0.29) is 36.3 Å². The molecule has 5 rings (SSSR count). The number of aromatic nitrogens is 1. The highest BCUT2D eigenvalue weighted by molar-refractivity contribution is 6.01. The molecule has 2 fully saturated rings. The van der Waals surface area contributed by atoms with Crippen LogP contribution in [0.1, 0.15) is 42.1 Å². The normalized spacial score (nSPS) is 15.9. The molecule has 2 saturated carbocycles. The number of anilines is 1. The van der Waals surface area contributed by atoms with E-state index in [9.17, 15) is 9.59 Å². The molecular weight excluding hydrogens is 368 g/mol. The Morgan fingerprint density at radius 1 is 1.07 bits per heavy atom. The lowest BCUT2D eigenvalue weighted by atomic mass is 10.1. The minimum absolute atomic E-state index is 0.167. The van der Waals surface area contributed by atoms with Gasteiger partial charge in [0.25, 0.3) is 5.91 Å². The summed E-state index contributed by atoms with van der Waals surface area (Å²) >= 11 is 0. The number of nitrogens with one attached hydrogen (secondary N) is 2. The third-order valence-corrected chi connectivity index (χ3v) is 5.28. The minimum atomic E-state index is -0.222. The molecule has 7 heteroatoms. The van der Waals surface area contributed by atoms with E-state index < -0.39 is 0 Å². The van der Waals surface area contributed by atoms with E-state index in [1.54, 1.807) is 4.90 Å². The SMILES string of the molecule is O=C(NC1CC1)c1coc(CN(C(=O)Nc2cccc3ccccc23)C2CC2)n1. The fourth-order valence-electron chi connectivity index (χ4n) is 3.39. The zero-order valence-electron chi connectivity index (χ0n) is 15.9. The van der Waals surface area contributed by atoms with E-state index in [1.165, 1.54) is 6.26 Å². The summed E-state index contributed by atoms with van der Waals surface area (Å²) in [6.45, 7) is 0.234. The smallest absolute Gasteiger partial charge is 0.322 e. The first-order valence-corrected chi connectivity index (χ1v) is 9.98. The van der Waals surface area contributed by atoms with Crippen LogP contribution < -0.4 is 10.6 Å². The van der Waals surface area contributed by atoms with Crippen molar-refractivity contribution in [2.24, 2.45) is 0 Å². The summed E-state index contributed by atoms with van der Waals surface area (Å²) in [5.74, 6) is 0.145. The number of fused-ring (bicyclic) bond motifs is 1. The molecule has 0 saturated heterocycles. The van der Waals surface area contributed by atoms with E-state index in [4.69, 9.17) is 4.42 Å². The van der Waals surface area contributed by atoms with Crippen molar-refractivity contribution >= 4 is 28.4 Å². The topological polar surface area (TPSA) is 87.5 Å². The fraction of sp³-hybridized carbons (Fsp3) is 0.318. The summed E-state index contributed by atoms with van der Waals surface area (Å²) in [4.78, 5) is 31.1. The van der Waals surface area contributed by atoms with Gasteiger partial charge in [-0.3, -0.25) is 4.79 Å². The molecule has 0 spiro atoms. The Hall–Kier alpha value is -3.35. The van der Waals surface area contributed by atoms with Crippen molar-refractivity contribution in [1.82, 2.24) is 15.2 Å². The zero-order chi connectivity index (χ0) is 19.8. The van der Waals surface area contributed by atoms with Gasteiger partial charge in [0.1, 0.15) is 6.26 Å². The maximum Gasteiger partial charge on any atom is 0.322 e. The van der Waals surface area contributed by atoms with Gasteiger partial charge < -0.3 is 20.0 Å². The predicted octanol–water partition coefficient (Wildman–Crippen LogP) is 3.92. The van der Waals surface area contributed by atoms with Crippen molar-refractivity contribution in [2.45, 2.75) is 44.3 Å². The second-order valence-electron chi connectivity index (χ2n) is 7.69. The standard InChI is InChI=1S/C22H22N4O3/c27-21(23-15-8-9-15)19-13-29-20(24-19)12-26(16-10-11-16)22(28)25-18-7-3-5-14-4-1-2-6-17(14)18/h1-7,13,15-16H,8-12H2,(H,23,27)(H,25,28). The molecule has 2 aliphatic carbocycles. The highest BCUT2D eigenvalue weighted by Crippen LogP contribution is 2.30. The zero-order valence-corrected chi connectivity index (χ0v) is 15.9. The Kier molecular flexibility index (Phi) is 4.42. The van der Waals surface area contributed by atoms with E-state index in [0.29, 0.717) is 5.89 Å². The number of hydrogen-bond donors (Lipinski definition) is 2. The lowest BCUT2D eigenvalue weighted by molar-refractivity contribution is 0.0946. The van der Waals surface area contributed by atoms with Crippen molar-refractivity contribution < 1.29 is 14.0 Å². The molecule has 0 aliphatic heterocycles. The summed E-state index contributed by atoms with van der Waals surface area (Å²) in [6.07, 6.45) is 5.30.